The molecule has 2 N–H and O–H groups in total. The SMILES string of the molecule is CC(C)(C)OC(=O)On1nc(N)c2cc(C#N)ccc21. The van der Waals surface area contributed by atoms with E-state index in [2.05, 4.69) is 5.10 Å². The Morgan fingerprint density at radius 3 is 2.75 bits per heavy atom. The summed E-state index contributed by atoms with van der Waals surface area (Å²) in [6.07, 6.45) is -0.883. The van der Waals surface area contributed by atoms with Crippen molar-refractivity contribution in [3.63, 3.8) is 0 Å². The summed E-state index contributed by atoms with van der Waals surface area (Å²) in [7, 11) is 0. The molecule has 1 aromatic heterocycles. The molecule has 1 aromatic carbocycles. The van der Waals surface area contributed by atoms with Gasteiger partial charge in [-0.2, -0.15) is 5.26 Å². The van der Waals surface area contributed by atoms with Crippen molar-refractivity contribution in [1.29, 1.82) is 5.26 Å². The summed E-state index contributed by atoms with van der Waals surface area (Å²) in [4.78, 5) is 17.6. The molecule has 20 heavy (non-hydrogen) atoms. The van der Waals surface area contributed by atoms with Crippen molar-refractivity contribution < 1.29 is 14.4 Å². The van der Waals surface area contributed by atoms with Crippen molar-refractivity contribution in [3.8, 4) is 6.07 Å². The molecule has 0 aliphatic carbocycles. The third-order valence-electron chi connectivity index (χ3n) is 2.36. The minimum absolute atomic E-state index is 0.167. The van der Waals surface area contributed by atoms with Gasteiger partial charge < -0.3 is 10.5 Å². The number of ether oxygens (including phenoxy) is 1. The van der Waals surface area contributed by atoms with Crippen LogP contribution in [-0.4, -0.2) is 21.7 Å². The second-order valence-electron chi connectivity index (χ2n) is 5.16. The van der Waals surface area contributed by atoms with Crippen LogP contribution < -0.4 is 10.6 Å². The van der Waals surface area contributed by atoms with Crippen LogP contribution >= 0.6 is 0 Å². The number of carbonyl (C=O) groups is 1. The molecule has 0 radical (unpaired) electrons. The Hall–Kier alpha value is -2.75. The first kappa shape index (κ1) is 13.7. The Balaban J connectivity index is 2.32. The van der Waals surface area contributed by atoms with E-state index in [-0.39, 0.29) is 5.82 Å². The minimum Gasteiger partial charge on any atom is -0.427 e. The molecular formula is C13H14N4O3. The van der Waals surface area contributed by atoms with E-state index < -0.39 is 11.8 Å². The highest BCUT2D eigenvalue weighted by Gasteiger charge is 2.20. The Morgan fingerprint density at radius 1 is 1.45 bits per heavy atom. The summed E-state index contributed by atoms with van der Waals surface area (Å²) in [5, 5.41) is 13.3. The van der Waals surface area contributed by atoms with E-state index in [0.717, 1.165) is 4.85 Å². The number of nitrogens with two attached hydrogens (primary N) is 1. The van der Waals surface area contributed by atoms with Crippen molar-refractivity contribution in [2.24, 2.45) is 0 Å². The molecule has 0 aliphatic heterocycles. The lowest BCUT2D eigenvalue weighted by atomic mass is 10.2. The maximum Gasteiger partial charge on any atom is 0.535 e. The number of nitriles is 1. The smallest absolute Gasteiger partial charge is 0.427 e. The van der Waals surface area contributed by atoms with Crippen LogP contribution in [-0.2, 0) is 4.74 Å². The highest BCUT2D eigenvalue weighted by Crippen LogP contribution is 2.21. The fourth-order valence-corrected chi connectivity index (χ4v) is 1.59. The molecule has 2 aromatic rings. The maximum atomic E-state index is 11.6. The van der Waals surface area contributed by atoms with Crippen LogP contribution in [0.4, 0.5) is 10.6 Å². The molecule has 0 saturated carbocycles. The molecule has 0 spiro atoms. The second-order valence-corrected chi connectivity index (χ2v) is 5.16. The van der Waals surface area contributed by atoms with Gasteiger partial charge in [0.25, 0.3) is 0 Å². The third kappa shape index (κ3) is 2.80. The Morgan fingerprint density at radius 2 is 2.15 bits per heavy atom. The molecule has 2 rings (SSSR count). The normalized spacial score (nSPS) is 11.1. The minimum atomic E-state index is -0.883. The van der Waals surface area contributed by atoms with Gasteiger partial charge in [0.05, 0.1) is 11.6 Å². The van der Waals surface area contributed by atoms with Gasteiger partial charge in [-0.1, -0.05) is 4.85 Å². The lowest BCUT2D eigenvalue weighted by Crippen LogP contribution is -2.30. The standard InChI is InChI=1S/C13H14N4O3/c1-13(2,3)19-12(18)20-17-10-5-4-8(7-14)6-9(10)11(15)16-17/h4-6H,1-3H3,(H2,15,16). The molecule has 0 saturated heterocycles. The number of nitrogen functional groups attached to an aromatic ring is 1. The number of hydrogen-bond acceptors (Lipinski definition) is 6. The number of carbonyl (C=O) groups excluding carboxylic acids is 1. The lowest BCUT2D eigenvalue weighted by Gasteiger charge is -2.18. The quantitative estimate of drug-likeness (QED) is 0.796. The summed E-state index contributed by atoms with van der Waals surface area (Å²) >= 11 is 0. The zero-order chi connectivity index (χ0) is 14.9. The van der Waals surface area contributed by atoms with E-state index in [4.69, 9.17) is 20.6 Å². The van der Waals surface area contributed by atoms with Crippen molar-refractivity contribution in [2.75, 3.05) is 5.73 Å². The zero-order valence-corrected chi connectivity index (χ0v) is 11.4. The van der Waals surface area contributed by atoms with Gasteiger partial charge in [-0.15, -0.1) is 5.10 Å². The van der Waals surface area contributed by atoms with E-state index in [0.29, 0.717) is 16.5 Å². The average Bonchev–Trinajstić information content (AvgIpc) is 2.63. The van der Waals surface area contributed by atoms with Crippen LogP contribution in [0.2, 0.25) is 0 Å². The first-order chi connectivity index (χ1) is 9.30. The predicted molar refractivity (Wildman–Crippen MR) is 71.7 cm³/mol. The molecule has 1 heterocycles. The molecule has 0 bridgehead atoms. The first-order valence-electron chi connectivity index (χ1n) is 5.90. The van der Waals surface area contributed by atoms with Crippen molar-refractivity contribution in [1.82, 2.24) is 9.94 Å². The highest BCUT2D eigenvalue weighted by atomic mass is 16.8. The number of anilines is 1. The fourth-order valence-electron chi connectivity index (χ4n) is 1.59. The largest absolute Gasteiger partial charge is 0.535 e. The monoisotopic (exact) mass is 274 g/mol. The van der Waals surface area contributed by atoms with Gasteiger partial charge in [-0.25, -0.2) is 4.79 Å². The summed E-state index contributed by atoms with van der Waals surface area (Å²) in [6.45, 7) is 5.18. The average molecular weight is 274 g/mol. The van der Waals surface area contributed by atoms with Gasteiger partial charge in [-0.3, -0.25) is 4.84 Å². The Kier molecular flexibility index (Phi) is 3.24. The van der Waals surface area contributed by atoms with E-state index in [1.807, 2.05) is 6.07 Å². The van der Waals surface area contributed by atoms with Gasteiger partial charge in [-0.05, 0) is 39.0 Å². The lowest BCUT2D eigenvalue weighted by molar-refractivity contribution is -0.0146. The Bertz CT molecular complexity index is 707. The van der Waals surface area contributed by atoms with Gasteiger partial charge in [0, 0.05) is 5.39 Å². The molecule has 0 aliphatic rings. The van der Waals surface area contributed by atoms with Crippen LogP contribution in [0.1, 0.15) is 26.3 Å². The van der Waals surface area contributed by atoms with Crippen LogP contribution in [0, 0.1) is 11.3 Å². The molecular weight excluding hydrogens is 260 g/mol. The highest BCUT2D eigenvalue weighted by molar-refractivity contribution is 5.90. The molecule has 7 nitrogen and oxygen atoms in total. The number of aromatic nitrogens is 2. The molecule has 0 atom stereocenters. The van der Waals surface area contributed by atoms with Crippen molar-refractivity contribution >= 4 is 22.9 Å². The van der Waals surface area contributed by atoms with E-state index in [1.165, 1.54) is 0 Å². The van der Waals surface area contributed by atoms with E-state index >= 15 is 0 Å². The molecule has 0 amide bonds. The number of nitrogens with zero attached hydrogens (tertiary/aromatic N) is 3. The number of rotatable bonds is 1. The number of benzene rings is 1. The molecule has 104 valence electrons. The summed E-state index contributed by atoms with van der Waals surface area (Å²) in [5.74, 6) is 0.167. The van der Waals surface area contributed by atoms with Crippen molar-refractivity contribution in [2.45, 2.75) is 26.4 Å². The second kappa shape index (κ2) is 4.74. The number of hydrogen-bond donors (Lipinski definition) is 1. The Labute approximate surface area is 115 Å². The first-order valence-corrected chi connectivity index (χ1v) is 5.90. The summed E-state index contributed by atoms with van der Waals surface area (Å²) in [6, 6.07) is 6.76. The van der Waals surface area contributed by atoms with Gasteiger partial charge in [0.2, 0.25) is 0 Å². The fraction of sp³-hybridized carbons (Fsp3) is 0.308. The molecule has 0 fully saturated rings. The van der Waals surface area contributed by atoms with Crippen LogP contribution in [0.15, 0.2) is 18.2 Å². The molecule has 0 unspecified atom stereocenters. The van der Waals surface area contributed by atoms with Crippen LogP contribution in [0.3, 0.4) is 0 Å². The number of fused-ring (bicyclic) bond motifs is 1. The van der Waals surface area contributed by atoms with Crippen molar-refractivity contribution in [3.05, 3.63) is 23.8 Å². The zero-order valence-electron chi connectivity index (χ0n) is 11.4. The van der Waals surface area contributed by atoms with Gasteiger partial charge >= 0.3 is 6.16 Å². The van der Waals surface area contributed by atoms with E-state index in [9.17, 15) is 4.79 Å². The van der Waals surface area contributed by atoms with Crippen LogP contribution in [0.5, 0.6) is 0 Å². The topological polar surface area (TPSA) is 103 Å². The molecule has 7 heteroatoms. The van der Waals surface area contributed by atoms with Crippen LogP contribution in [0.25, 0.3) is 10.9 Å². The van der Waals surface area contributed by atoms with Gasteiger partial charge in [0.15, 0.2) is 5.82 Å². The predicted octanol–water partition coefficient (Wildman–Crippen LogP) is 1.85. The third-order valence-corrected chi connectivity index (χ3v) is 2.36. The summed E-state index contributed by atoms with van der Waals surface area (Å²) < 4.78 is 5.03. The maximum absolute atomic E-state index is 11.6. The van der Waals surface area contributed by atoms with E-state index in [1.54, 1.807) is 39.0 Å². The van der Waals surface area contributed by atoms with Gasteiger partial charge in [0.1, 0.15) is 11.1 Å². The summed E-state index contributed by atoms with van der Waals surface area (Å²) in [5.41, 5.74) is 5.99.